The number of thioether (sulfide) groups is 1. The Hall–Kier alpha value is -0.0600. The normalized spacial score (nSPS) is 24.5. The molecule has 0 aromatic carbocycles. The smallest absolute Gasteiger partial charge is 0.205 e. The SMILES string of the molecule is COCCNC1CCSC1=O. The minimum Gasteiger partial charge on any atom is -0.383 e. The largest absolute Gasteiger partial charge is 0.383 e. The molecule has 0 amide bonds. The van der Waals surface area contributed by atoms with Crippen LogP contribution in [0.5, 0.6) is 0 Å². The van der Waals surface area contributed by atoms with Crippen LogP contribution in [0.25, 0.3) is 0 Å². The molecular formula is C7H13NO2S. The second-order valence-electron chi connectivity index (χ2n) is 2.46. The number of carbonyl (C=O) groups is 1. The Morgan fingerprint density at radius 3 is 3.18 bits per heavy atom. The molecule has 0 aliphatic carbocycles. The Kier molecular flexibility index (Phi) is 3.90. The van der Waals surface area contributed by atoms with E-state index in [-0.39, 0.29) is 11.2 Å². The van der Waals surface area contributed by atoms with Crippen molar-refractivity contribution in [3.63, 3.8) is 0 Å². The Balaban J connectivity index is 2.10. The molecule has 0 bridgehead atoms. The molecule has 0 spiro atoms. The van der Waals surface area contributed by atoms with Crippen LogP contribution in [0.3, 0.4) is 0 Å². The van der Waals surface area contributed by atoms with Crippen molar-refractivity contribution in [3.8, 4) is 0 Å². The Labute approximate surface area is 70.9 Å². The van der Waals surface area contributed by atoms with Gasteiger partial charge in [0, 0.05) is 19.4 Å². The van der Waals surface area contributed by atoms with Crippen molar-refractivity contribution in [1.82, 2.24) is 5.32 Å². The fourth-order valence-electron chi connectivity index (χ4n) is 1.02. The highest BCUT2D eigenvalue weighted by Gasteiger charge is 2.23. The van der Waals surface area contributed by atoms with Crippen LogP contribution in [0.4, 0.5) is 0 Å². The molecule has 3 nitrogen and oxygen atoms in total. The van der Waals surface area contributed by atoms with E-state index >= 15 is 0 Å². The summed E-state index contributed by atoms with van der Waals surface area (Å²) in [5.41, 5.74) is 0. The summed E-state index contributed by atoms with van der Waals surface area (Å²) in [5.74, 6) is 0.962. The number of methoxy groups -OCH3 is 1. The lowest BCUT2D eigenvalue weighted by atomic mass is 10.2. The van der Waals surface area contributed by atoms with Crippen molar-refractivity contribution in [2.24, 2.45) is 0 Å². The van der Waals surface area contributed by atoms with E-state index in [1.54, 1.807) is 7.11 Å². The van der Waals surface area contributed by atoms with Gasteiger partial charge in [0.1, 0.15) is 0 Å². The molecule has 1 atom stereocenters. The van der Waals surface area contributed by atoms with Crippen LogP contribution < -0.4 is 5.32 Å². The average Bonchev–Trinajstić information content (AvgIpc) is 2.37. The molecule has 1 aliphatic rings. The second-order valence-corrected chi connectivity index (χ2v) is 3.55. The third kappa shape index (κ3) is 2.81. The zero-order valence-corrected chi connectivity index (χ0v) is 7.45. The van der Waals surface area contributed by atoms with Gasteiger partial charge in [0.2, 0.25) is 5.12 Å². The minimum absolute atomic E-state index is 0.0788. The number of nitrogens with one attached hydrogen (secondary N) is 1. The average molecular weight is 175 g/mol. The highest BCUT2D eigenvalue weighted by molar-refractivity contribution is 8.14. The fourth-order valence-corrected chi connectivity index (χ4v) is 1.97. The monoisotopic (exact) mass is 175 g/mol. The molecule has 1 aliphatic heterocycles. The van der Waals surface area contributed by atoms with E-state index in [1.807, 2.05) is 0 Å². The van der Waals surface area contributed by atoms with Gasteiger partial charge in [-0.15, -0.1) is 0 Å². The summed E-state index contributed by atoms with van der Waals surface area (Å²) in [6, 6.07) is 0.0788. The van der Waals surface area contributed by atoms with Gasteiger partial charge in [0.25, 0.3) is 0 Å². The predicted molar refractivity (Wildman–Crippen MR) is 45.7 cm³/mol. The molecule has 1 unspecified atom stereocenters. The molecule has 64 valence electrons. The zero-order chi connectivity index (χ0) is 8.10. The lowest BCUT2D eigenvalue weighted by Gasteiger charge is -2.08. The predicted octanol–water partition coefficient (Wildman–Crippen LogP) is 0.255. The van der Waals surface area contributed by atoms with Crippen LogP contribution in [0.1, 0.15) is 6.42 Å². The highest BCUT2D eigenvalue weighted by atomic mass is 32.2. The maximum absolute atomic E-state index is 11.0. The second kappa shape index (κ2) is 4.74. The molecule has 0 aromatic rings. The summed E-state index contributed by atoms with van der Waals surface area (Å²) in [5, 5.41) is 3.42. The maximum atomic E-state index is 11.0. The summed E-state index contributed by atoms with van der Waals surface area (Å²) < 4.78 is 4.86. The van der Waals surface area contributed by atoms with Gasteiger partial charge in [0.05, 0.1) is 12.6 Å². The van der Waals surface area contributed by atoms with Crippen molar-refractivity contribution < 1.29 is 9.53 Å². The number of hydrogen-bond donors (Lipinski definition) is 1. The Morgan fingerprint density at radius 2 is 2.64 bits per heavy atom. The number of rotatable bonds is 4. The van der Waals surface area contributed by atoms with Crippen molar-refractivity contribution in [2.45, 2.75) is 12.5 Å². The number of ether oxygens (including phenoxy) is 1. The standard InChI is InChI=1S/C7H13NO2S/c1-10-4-3-8-6-2-5-11-7(6)9/h6,8H,2-5H2,1H3. The maximum Gasteiger partial charge on any atom is 0.205 e. The number of carbonyl (C=O) groups excluding carboxylic acids is 1. The van der Waals surface area contributed by atoms with Crippen LogP contribution in [0.2, 0.25) is 0 Å². The molecule has 4 heteroatoms. The van der Waals surface area contributed by atoms with E-state index < -0.39 is 0 Å². The Bertz CT molecular complexity index is 140. The van der Waals surface area contributed by atoms with E-state index in [0.717, 1.165) is 18.7 Å². The van der Waals surface area contributed by atoms with Crippen LogP contribution in [0, 0.1) is 0 Å². The summed E-state index contributed by atoms with van der Waals surface area (Å²) in [7, 11) is 1.66. The van der Waals surface area contributed by atoms with Gasteiger partial charge >= 0.3 is 0 Å². The zero-order valence-electron chi connectivity index (χ0n) is 6.63. The van der Waals surface area contributed by atoms with Crippen LogP contribution in [-0.2, 0) is 9.53 Å². The van der Waals surface area contributed by atoms with Crippen molar-refractivity contribution >= 4 is 16.9 Å². The molecule has 1 saturated heterocycles. The lowest BCUT2D eigenvalue weighted by molar-refractivity contribution is -0.112. The van der Waals surface area contributed by atoms with Crippen molar-refractivity contribution in [1.29, 1.82) is 0 Å². The fraction of sp³-hybridized carbons (Fsp3) is 0.857. The molecule has 1 rings (SSSR count). The topological polar surface area (TPSA) is 38.3 Å². The first-order chi connectivity index (χ1) is 5.34. The molecule has 1 fully saturated rings. The van der Waals surface area contributed by atoms with E-state index in [9.17, 15) is 4.79 Å². The molecule has 11 heavy (non-hydrogen) atoms. The lowest BCUT2D eigenvalue weighted by Crippen LogP contribution is -2.34. The van der Waals surface area contributed by atoms with Gasteiger partial charge in [-0.3, -0.25) is 4.79 Å². The first kappa shape index (κ1) is 9.03. The van der Waals surface area contributed by atoms with Gasteiger partial charge in [-0.25, -0.2) is 0 Å². The van der Waals surface area contributed by atoms with Crippen LogP contribution >= 0.6 is 11.8 Å². The summed E-state index contributed by atoms with van der Waals surface area (Å²) in [4.78, 5) is 11.0. The van der Waals surface area contributed by atoms with Crippen molar-refractivity contribution in [3.05, 3.63) is 0 Å². The third-order valence-electron chi connectivity index (χ3n) is 1.63. The van der Waals surface area contributed by atoms with Gasteiger partial charge in [0.15, 0.2) is 0 Å². The molecule has 1 heterocycles. The van der Waals surface area contributed by atoms with Gasteiger partial charge < -0.3 is 10.1 Å². The van der Waals surface area contributed by atoms with Gasteiger partial charge in [-0.1, -0.05) is 11.8 Å². The summed E-state index contributed by atoms with van der Waals surface area (Å²) in [6.45, 7) is 1.45. The van der Waals surface area contributed by atoms with E-state index in [0.29, 0.717) is 6.61 Å². The number of hydrogen-bond acceptors (Lipinski definition) is 4. The van der Waals surface area contributed by atoms with Gasteiger partial charge in [-0.05, 0) is 6.42 Å². The molecule has 0 aromatic heterocycles. The summed E-state index contributed by atoms with van der Waals surface area (Å²) >= 11 is 1.42. The van der Waals surface area contributed by atoms with E-state index in [2.05, 4.69) is 5.32 Å². The first-order valence-corrected chi connectivity index (χ1v) is 4.72. The van der Waals surface area contributed by atoms with E-state index in [1.165, 1.54) is 11.8 Å². The quantitative estimate of drug-likeness (QED) is 0.622. The van der Waals surface area contributed by atoms with E-state index in [4.69, 9.17) is 4.74 Å². The van der Waals surface area contributed by atoms with Crippen LogP contribution in [-0.4, -0.2) is 37.2 Å². The minimum atomic E-state index is 0.0788. The molecule has 0 saturated carbocycles. The Morgan fingerprint density at radius 1 is 1.82 bits per heavy atom. The third-order valence-corrected chi connectivity index (χ3v) is 2.64. The van der Waals surface area contributed by atoms with Crippen LogP contribution in [0.15, 0.2) is 0 Å². The molecule has 1 N–H and O–H groups in total. The highest BCUT2D eigenvalue weighted by Crippen LogP contribution is 2.18. The molecule has 0 radical (unpaired) electrons. The molecular weight excluding hydrogens is 162 g/mol. The van der Waals surface area contributed by atoms with Crippen molar-refractivity contribution in [2.75, 3.05) is 26.0 Å². The summed E-state index contributed by atoms with van der Waals surface area (Å²) in [6.07, 6.45) is 0.965. The van der Waals surface area contributed by atoms with Gasteiger partial charge in [-0.2, -0.15) is 0 Å². The first-order valence-electron chi connectivity index (χ1n) is 3.73.